The molecule has 0 aliphatic heterocycles. The molecule has 17 heavy (non-hydrogen) atoms. The molecule has 1 aromatic carbocycles. The van der Waals surface area contributed by atoms with E-state index in [1.54, 1.807) is 6.07 Å². The molecule has 0 aromatic heterocycles. The van der Waals surface area contributed by atoms with Crippen LogP contribution in [0.5, 0.6) is 0 Å². The van der Waals surface area contributed by atoms with Gasteiger partial charge in [0.25, 0.3) is 0 Å². The van der Waals surface area contributed by atoms with E-state index >= 15 is 0 Å². The molecule has 0 aliphatic carbocycles. The van der Waals surface area contributed by atoms with Gasteiger partial charge in [-0.05, 0) is 30.5 Å². The van der Waals surface area contributed by atoms with Crippen LogP contribution in [0.25, 0.3) is 0 Å². The minimum absolute atomic E-state index is 0.106. The van der Waals surface area contributed by atoms with Crippen LogP contribution < -0.4 is 5.73 Å². The summed E-state index contributed by atoms with van der Waals surface area (Å²) in [6.07, 6.45) is -5.24. The van der Waals surface area contributed by atoms with Crippen LogP contribution in [0, 0.1) is 5.82 Å². The summed E-state index contributed by atoms with van der Waals surface area (Å²) in [6.45, 7) is 0. The van der Waals surface area contributed by atoms with Crippen molar-refractivity contribution in [1.29, 1.82) is 0 Å². The zero-order valence-electron chi connectivity index (χ0n) is 8.90. The van der Waals surface area contributed by atoms with Gasteiger partial charge in [0.1, 0.15) is 5.82 Å². The molecule has 0 radical (unpaired) electrons. The fraction of sp³-hybridized carbons (Fsp3) is 0.455. The topological polar surface area (TPSA) is 26.0 Å². The van der Waals surface area contributed by atoms with Gasteiger partial charge in [0, 0.05) is 16.9 Å². The first-order valence-corrected chi connectivity index (χ1v) is 5.83. The summed E-state index contributed by atoms with van der Waals surface area (Å²) in [7, 11) is 0. The lowest BCUT2D eigenvalue weighted by Crippen LogP contribution is -2.25. The second-order valence-electron chi connectivity index (χ2n) is 3.85. The number of halogens is 5. The third-order valence-corrected chi connectivity index (χ3v) is 2.79. The van der Waals surface area contributed by atoms with Gasteiger partial charge < -0.3 is 5.73 Å². The van der Waals surface area contributed by atoms with Gasteiger partial charge >= 0.3 is 6.18 Å². The Morgan fingerprint density at radius 2 is 1.94 bits per heavy atom. The maximum atomic E-state index is 13.4. The molecular formula is C11H12BrF4N. The Bertz CT molecular complexity index is 378. The van der Waals surface area contributed by atoms with Crippen LogP contribution in [-0.4, -0.2) is 12.2 Å². The molecule has 0 amide bonds. The molecule has 2 N–H and O–H groups in total. The monoisotopic (exact) mass is 313 g/mol. The van der Waals surface area contributed by atoms with E-state index in [0.717, 1.165) is 0 Å². The number of alkyl halides is 3. The Balaban J connectivity index is 2.53. The van der Waals surface area contributed by atoms with Gasteiger partial charge in [-0.3, -0.25) is 0 Å². The van der Waals surface area contributed by atoms with Gasteiger partial charge in [-0.15, -0.1) is 0 Å². The second kappa shape index (κ2) is 5.82. The Morgan fingerprint density at radius 1 is 1.29 bits per heavy atom. The highest BCUT2D eigenvalue weighted by Gasteiger charge is 2.27. The quantitative estimate of drug-likeness (QED) is 0.841. The molecule has 0 spiro atoms. The average molecular weight is 314 g/mol. The van der Waals surface area contributed by atoms with E-state index < -0.39 is 24.5 Å². The van der Waals surface area contributed by atoms with Gasteiger partial charge in [0.15, 0.2) is 0 Å². The molecule has 1 unspecified atom stereocenters. The molecule has 0 aliphatic rings. The number of hydrogen-bond acceptors (Lipinski definition) is 1. The molecule has 0 saturated carbocycles. The smallest absolute Gasteiger partial charge is 0.327 e. The van der Waals surface area contributed by atoms with Crippen molar-refractivity contribution in [2.24, 2.45) is 5.73 Å². The van der Waals surface area contributed by atoms with Crippen molar-refractivity contribution in [3.05, 3.63) is 34.1 Å². The summed E-state index contributed by atoms with van der Waals surface area (Å²) in [5.74, 6) is -0.457. The molecule has 0 saturated heterocycles. The van der Waals surface area contributed by atoms with Crippen molar-refractivity contribution in [2.45, 2.75) is 31.5 Å². The normalized spacial score (nSPS) is 13.8. The lowest BCUT2D eigenvalue weighted by molar-refractivity contribution is -0.136. The van der Waals surface area contributed by atoms with E-state index in [1.165, 1.54) is 12.1 Å². The minimum atomic E-state index is -4.21. The Labute approximate surface area is 105 Å². The van der Waals surface area contributed by atoms with Crippen molar-refractivity contribution in [1.82, 2.24) is 0 Å². The summed E-state index contributed by atoms with van der Waals surface area (Å²) in [5.41, 5.74) is 5.88. The maximum absolute atomic E-state index is 13.4. The molecule has 96 valence electrons. The highest BCUT2D eigenvalue weighted by atomic mass is 79.9. The Morgan fingerprint density at radius 3 is 2.47 bits per heavy atom. The third kappa shape index (κ3) is 5.50. The van der Waals surface area contributed by atoms with Crippen molar-refractivity contribution in [3.8, 4) is 0 Å². The molecule has 1 aromatic rings. The standard InChI is InChI=1S/C11H12BrF4N/c12-8-2-1-7(10(13)6-8)5-9(17)3-4-11(14,15)16/h1-2,6,9H,3-5,17H2. The molecule has 0 heterocycles. The zero-order chi connectivity index (χ0) is 13.1. The van der Waals surface area contributed by atoms with Crippen LogP contribution in [0.2, 0.25) is 0 Å². The fourth-order valence-electron chi connectivity index (χ4n) is 1.42. The second-order valence-corrected chi connectivity index (χ2v) is 4.77. The van der Waals surface area contributed by atoms with E-state index in [1.807, 2.05) is 0 Å². The molecule has 0 fully saturated rings. The number of nitrogens with two attached hydrogens (primary N) is 1. The predicted octanol–water partition coefficient (Wildman–Crippen LogP) is 3.80. The van der Waals surface area contributed by atoms with E-state index in [2.05, 4.69) is 15.9 Å². The van der Waals surface area contributed by atoms with Crippen molar-refractivity contribution >= 4 is 15.9 Å². The van der Waals surface area contributed by atoms with Gasteiger partial charge in [-0.1, -0.05) is 22.0 Å². The van der Waals surface area contributed by atoms with E-state index in [0.29, 0.717) is 10.0 Å². The minimum Gasteiger partial charge on any atom is -0.327 e. The van der Waals surface area contributed by atoms with Gasteiger partial charge in [0.2, 0.25) is 0 Å². The summed E-state index contributed by atoms with van der Waals surface area (Å²) in [6, 6.07) is 3.74. The maximum Gasteiger partial charge on any atom is 0.389 e. The Hall–Kier alpha value is -0.620. The Kier molecular flexibility index (Phi) is 4.94. The lowest BCUT2D eigenvalue weighted by atomic mass is 10.0. The first-order valence-electron chi connectivity index (χ1n) is 5.04. The van der Waals surface area contributed by atoms with Crippen molar-refractivity contribution in [2.75, 3.05) is 0 Å². The van der Waals surface area contributed by atoms with E-state index in [9.17, 15) is 17.6 Å². The molecular weight excluding hydrogens is 302 g/mol. The van der Waals surface area contributed by atoms with Crippen molar-refractivity contribution in [3.63, 3.8) is 0 Å². The van der Waals surface area contributed by atoms with Crippen LogP contribution in [0.1, 0.15) is 18.4 Å². The summed E-state index contributed by atoms with van der Waals surface area (Å²) in [5, 5.41) is 0. The number of rotatable bonds is 4. The fourth-order valence-corrected chi connectivity index (χ4v) is 1.75. The van der Waals surface area contributed by atoms with Gasteiger partial charge in [-0.25, -0.2) is 4.39 Å². The first kappa shape index (κ1) is 14.4. The first-order chi connectivity index (χ1) is 7.78. The van der Waals surface area contributed by atoms with Crippen LogP contribution >= 0.6 is 15.9 Å². The summed E-state index contributed by atoms with van der Waals surface area (Å²) >= 11 is 3.10. The summed E-state index contributed by atoms with van der Waals surface area (Å²) in [4.78, 5) is 0. The highest BCUT2D eigenvalue weighted by Crippen LogP contribution is 2.23. The van der Waals surface area contributed by atoms with Crippen LogP contribution in [-0.2, 0) is 6.42 Å². The molecule has 1 atom stereocenters. The molecule has 1 rings (SSSR count). The third-order valence-electron chi connectivity index (χ3n) is 2.30. The number of hydrogen-bond donors (Lipinski definition) is 1. The number of benzene rings is 1. The molecule has 0 bridgehead atoms. The van der Waals surface area contributed by atoms with Crippen molar-refractivity contribution < 1.29 is 17.6 Å². The summed E-state index contributed by atoms with van der Waals surface area (Å²) < 4.78 is 49.8. The average Bonchev–Trinajstić information content (AvgIpc) is 2.18. The molecule has 6 heteroatoms. The predicted molar refractivity (Wildman–Crippen MR) is 61.1 cm³/mol. The molecule has 1 nitrogen and oxygen atoms in total. The van der Waals surface area contributed by atoms with Crippen LogP contribution in [0.15, 0.2) is 22.7 Å². The van der Waals surface area contributed by atoms with Gasteiger partial charge in [0.05, 0.1) is 0 Å². The van der Waals surface area contributed by atoms with Crippen LogP contribution in [0.4, 0.5) is 17.6 Å². The SMILES string of the molecule is NC(CCC(F)(F)F)Cc1ccc(Br)cc1F. The van der Waals surface area contributed by atoms with Crippen LogP contribution in [0.3, 0.4) is 0 Å². The highest BCUT2D eigenvalue weighted by molar-refractivity contribution is 9.10. The zero-order valence-corrected chi connectivity index (χ0v) is 10.5. The van der Waals surface area contributed by atoms with E-state index in [4.69, 9.17) is 5.73 Å². The van der Waals surface area contributed by atoms with E-state index in [-0.39, 0.29) is 12.8 Å². The largest absolute Gasteiger partial charge is 0.389 e. The lowest BCUT2D eigenvalue weighted by Gasteiger charge is -2.13. The van der Waals surface area contributed by atoms with Gasteiger partial charge in [-0.2, -0.15) is 13.2 Å².